The maximum absolute atomic E-state index is 13.0. The van der Waals surface area contributed by atoms with E-state index in [0.717, 1.165) is 5.56 Å². The second-order valence-corrected chi connectivity index (χ2v) is 6.05. The van der Waals surface area contributed by atoms with E-state index in [9.17, 15) is 18.0 Å². The first-order valence-electron chi connectivity index (χ1n) is 7.70. The van der Waals surface area contributed by atoms with Crippen molar-refractivity contribution < 1.29 is 27.6 Å². The molecule has 0 unspecified atom stereocenters. The Kier molecular flexibility index (Phi) is 6.25. The Bertz CT molecular complexity index is 739. The lowest BCUT2D eigenvalue weighted by Gasteiger charge is -2.17. The molecule has 1 saturated heterocycles. The third kappa shape index (κ3) is 4.73. The van der Waals surface area contributed by atoms with Crippen molar-refractivity contribution in [1.29, 1.82) is 0 Å². The van der Waals surface area contributed by atoms with Crippen molar-refractivity contribution in [2.75, 3.05) is 13.1 Å². The SMILES string of the molecule is Cl.O=C(O)[C@@H]1CN(Cc2nc(Cc3ccccc3)no2)C[C@H]1C(F)(F)F. The maximum Gasteiger partial charge on any atom is 0.393 e. The smallest absolute Gasteiger partial charge is 0.393 e. The molecule has 1 N–H and O–H groups in total. The lowest BCUT2D eigenvalue weighted by molar-refractivity contribution is -0.188. The molecule has 1 aliphatic heterocycles. The molecule has 0 spiro atoms. The van der Waals surface area contributed by atoms with Gasteiger partial charge >= 0.3 is 12.1 Å². The van der Waals surface area contributed by atoms with Crippen molar-refractivity contribution in [2.45, 2.75) is 19.1 Å². The van der Waals surface area contributed by atoms with E-state index in [1.54, 1.807) is 0 Å². The van der Waals surface area contributed by atoms with Crippen molar-refractivity contribution in [1.82, 2.24) is 15.0 Å². The molecule has 0 saturated carbocycles. The number of halogens is 4. The van der Waals surface area contributed by atoms with E-state index in [2.05, 4.69) is 10.1 Å². The molecular formula is C16H17ClF3N3O3. The topological polar surface area (TPSA) is 79.5 Å². The molecule has 1 aromatic heterocycles. The second kappa shape index (κ2) is 8.05. The summed E-state index contributed by atoms with van der Waals surface area (Å²) in [4.78, 5) is 16.6. The Balaban J connectivity index is 0.00000243. The number of hydrogen-bond donors (Lipinski definition) is 1. The highest BCUT2D eigenvalue weighted by atomic mass is 35.5. The van der Waals surface area contributed by atoms with Gasteiger partial charge in [-0.05, 0) is 5.56 Å². The lowest BCUT2D eigenvalue weighted by atomic mass is 9.96. The zero-order chi connectivity index (χ0) is 18.0. The van der Waals surface area contributed by atoms with Gasteiger partial charge in [-0.2, -0.15) is 18.2 Å². The number of carbonyl (C=O) groups is 1. The molecule has 0 radical (unpaired) electrons. The minimum atomic E-state index is -4.55. The van der Waals surface area contributed by atoms with Crippen LogP contribution in [0.25, 0.3) is 0 Å². The fourth-order valence-corrected chi connectivity index (χ4v) is 2.99. The van der Waals surface area contributed by atoms with Crippen LogP contribution in [0.3, 0.4) is 0 Å². The van der Waals surface area contributed by atoms with Crippen LogP contribution in [0.1, 0.15) is 17.3 Å². The predicted molar refractivity (Wildman–Crippen MR) is 86.7 cm³/mol. The molecule has 0 aliphatic carbocycles. The van der Waals surface area contributed by atoms with E-state index < -0.39 is 30.5 Å². The number of benzene rings is 1. The molecule has 6 nitrogen and oxygen atoms in total. The van der Waals surface area contributed by atoms with E-state index in [0.29, 0.717) is 12.2 Å². The average molecular weight is 392 g/mol. The fraction of sp³-hybridized carbons (Fsp3) is 0.438. The normalized spacial score (nSPS) is 20.7. The van der Waals surface area contributed by atoms with Crippen LogP contribution in [-0.4, -0.2) is 45.4 Å². The van der Waals surface area contributed by atoms with Crippen LogP contribution in [0.5, 0.6) is 0 Å². The minimum Gasteiger partial charge on any atom is -0.481 e. The fourth-order valence-electron chi connectivity index (χ4n) is 2.99. The van der Waals surface area contributed by atoms with Crippen molar-refractivity contribution >= 4 is 18.4 Å². The Morgan fingerprint density at radius 3 is 2.54 bits per heavy atom. The summed E-state index contributed by atoms with van der Waals surface area (Å²) in [5.41, 5.74) is 0.985. The molecule has 3 rings (SSSR count). The zero-order valence-corrected chi connectivity index (χ0v) is 14.3. The number of nitrogens with zero attached hydrogens (tertiary/aromatic N) is 3. The van der Waals surface area contributed by atoms with Gasteiger partial charge in [-0.3, -0.25) is 9.69 Å². The van der Waals surface area contributed by atoms with E-state index in [-0.39, 0.29) is 31.4 Å². The van der Waals surface area contributed by atoms with Crippen LogP contribution in [0.2, 0.25) is 0 Å². The van der Waals surface area contributed by atoms with Crippen LogP contribution in [0.15, 0.2) is 34.9 Å². The molecule has 1 aromatic carbocycles. The molecule has 2 aromatic rings. The zero-order valence-electron chi connectivity index (χ0n) is 13.5. The first-order valence-corrected chi connectivity index (χ1v) is 7.70. The van der Waals surface area contributed by atoms with Gasteiger partial charge in [0.25, 0.3) is 0 Å². The van der Waals surface area contributed by atoms with Gasteiger partial charge in [0.15, 0.2) is 5.82 Å². The molecule has 1 fully saturated rings. The highest BCUT2D eigenvalue weighted by Crippen LogP contribution is 2.38. The van der Waals surface area contributed by atoms with Gasteiger partial charge in [0.2, 0.25) is 5.89 Å². The standard InChI is InChI=1S/C16H16F3N3O3.ClH/c17-16(18,19)12-8-22(7-11(12)15(23)24)9-14-20-13(21-25-14)6-10-4-2-1-3-5-10;/h1-5,11-12H,6-9H2,(H,23,24);1H/t11-,12-;/m1./s1. The molecule has 2 heterocycles. The molecule has 142 valence electrons. The number of likely N-dealkylation sites (tertiary alicyclic amines) is 1. The number of rotatable bonds is 5. The first-order chi connectivity index (χ1) is 11.8. The monoisotopic (exact) mass is 391 g/mol. The summed E-state index contributed by atoms with van der Waals surface area (Å²) in [5, 5.41) is 12.8. The third-order valence-corrected chi connectivity index (χ3v) is 4.21. The summed E-state index contributed by atoms with van der Waals surface area (Å²) < 4.78 is 44.0. The Morgan fingerprint density at radius 2 is 1.96 bits per heavy atom. The Hall–Kier alpha value is -2.13. The summed E-state index contributed by atoms with van der Waals surface area (Å²) >= 11 is 0. The van der Waals surface area contributed by atoms with Gasteiger partial charge in [-0.15, -0.1) is 12.4 Å². The summed E-state index contributed by atoms with van der Waals surface area (Å²) in [6.45, 7) is -0.592. The summed E-state index contributed by atoms with van der Waals surface area (Å²) in [6.07, 6.45) is -4.10. The maximum atomic E-state index is 13.0. The van der Waals surface area contributed by atoms with E-state index in [1.165, 1.54) is 4.90 Å². The van der Waals surface area contributed by atoms with Gasteiger partial charge < -0.3 is 9.63 Å². The van der Waals surface area contributed by atoms with Crippen molar-refractivity contribution in [3.63, 3.8) is 0 Å². The van der Waals surface area contributed by atoms with E-state index in [1.807, 2.05) is 30.3 Å². The molecule has 0 amide bonds. The number of carboxylic acid groups (broad SMARTS) is 1. The van der Waals surface area contributed by atoms with Crippen LogP contribution < -0.4 is 0 Å². The first kappa shape index (κ1) is 20.2. The number of aliphatic carboxylic acids is 1. The molecule has 0 bridgehead atoms. The van der Waals surface area contributed by atoms with E-state index in [4.69, 9.17) is 9.63 Å². The van der Waals surface area contributed by atoms with Gasteiger partial charge in [-0.25, -0.2) is 0 Å². The quantitative estimate of drug-likeness (QED) is 0.844. The number of carboxylic acids is 1. The van der Waals surface area contributed by atoms with Crippen LogP contribution in [-0.2, 0) is 17.8 Å². The summed E-state index contributed by atoms with van der Waals surface area (Å²) in [6, 6.07) is 9.45. The predicted octanol–water partition coefficient (Wildman–Crippen LogP) is 2.78. The molecule has 1 aliphatic rings. The Morgan fingerprint density at radius 1 is 1.27 bits per heavy atom. The third-order valence-electron chi connectivity index (χ3n) is 4.21. The summed E-state index contributed by atoms with van der Waals surface area (Å²) in [5.74, 6) is -4.20. The average Bonchev–Trinajstić information content (AvgIpc) is 3.15. The van der Waals surface area contributed by atoms with Crippen LogP contribution >= 0.6 is 12.4 Å². The van der Waals surface area contributed by atoms with E-state index >= 15 is 0 Å². The van der Waals surface area contributed by atoms with Crippen molar-refractivity contribution in [2.24, 2.45) is 11.8 Å². The highest BCUT2D eigenvalue weighted by Gasteiger charge is 2.52. The highest BCUT2D eigenvalue weighted by molar-refractivity contribution is 5.85. The number of hydrogen-bond acceptors (Lipinski definition) is 5. The van der Waals surface area contributed by atoms with Gasteiger partial charge in [0.05, 0.1) is 18.4 Å². The molecule has 26 heavy (non-hydrogen) atoms. The van der Waals surface area contributed by atoms with Crippen LogP contribution in [0.4, 0.5) is 13.2 Å². The minimum absolute atomic E-state index is 0. The van der Waals surface area contributed by atoms with Gasteiger partial charge in [-0.1, -0.05) is 35.5 Å². The van der Waals surface area contributed by atoms with Crippen LogP contribution in [0, 0.1) is 11.8 Å². The Labute approximate surface area is 153 Å². The molecule has 10 heteroatoms. The summed E-state index contributed by atoms with van der Waals surface area (Å²) in [7, 11) is 0. The van der Waals surface area contributed by atoms with Gasteiger partial charge in [0.1, 0.15) is 0 Å². The molecule has 2 atom stereocenters. The van der Waals surface area contributed by atoms with Crippen molar-refractivity contribution in [3.8, 4) is 0 Å². The van der Waals surface area contributed by atoms with Gasteiger partial charge in [0, 0.05) is 19.5 Å². The number of alkyl halides is 3. The number of aromatic nitrogens is 2. The molecular weight excluding hydrogens is 375 g/mol. The largest absolute Gasteiger partial charge is 0.481 e. The second-order valence-electron chi connectivity index (χ2n) is 6.05. The van der Waals surface area contributed by atoms with Crippen molar-refractivity contribution in [3.05, 3.63) is 47.6 Å². The lowest BCUT2D eigenvalue weighted by Crippen LogP contribution is -2.33.